The van der Waals surface area contributed by atoms with Gasteiger partial charge in [-0.05, 0) is 6.42 Å². The molecule has 0 radical (unpaired) electrons. The minimum atomic E-state index is -4.29. The largest absolute Gasteiger partial charge is 0.487 e. The molecule has 3 rings (SSSR count). The zero-order chi connectivity index (χ0) is 20.3. The number of amides is 1. The normalized spacial score (nSPS) is 19.8. The second-order valence-corrected chi connectivity index (χ2v) is 7.13. The number of nitrogens with one attached hydrogen (secondary N) is 1. The van der Waals surface area contributed by atoms with E-state index < -0.39 is 24.8 Å². The van der Waals surface area contributed by atoms with Gasteiger partial charge in [0.05, 0.1) is 13.2 Å². The van der Waals surface area contributed by atoms with E-state index >= 15 is 0 Å². The summed E-state index contributed by atoms with van der Waals surface area (Å²) in [6, 6.07) is 1.29. The third-order valence-corrected chi connectivity index (χ3v) is 4.92. The van der Waals surface area contributed by atoms with Gasteiger partial charge in [0.25, 0.3) is 5.91 Å². The van der Waals surface area contributed by atoms with E-state index in [2.05, 4.69) is 12.3 Å². The maximum absolute atomic E-state index is 13.0. The zero-order valence-corrected chi connectivity index (χ0v) is 15.8. The lowest BCUT2D eigenvalue weighted by atomic mass is 10.2. The number of rotatable bonds is 7. The molecule has 2 aliphatic heterocycles. The minimum Gasteiger partial charge on any atom is -0.487 e. The topological polar surface area (TPSA) is 66.8 Å². The Morgan fingerprint density at radius 1 is 1.21 bits per heavy atom. The first kappa shape index (κ1) is 20.5. The van der Waals surface area contributed by atoms with Gasteiger partial charge in [0.1, 0.15) is 6.17 Å². The van der Waals surface area contributed by atoms with Crippen molar-refractivity contribution in [2.45, 2.75) is 44.9 Å². The molecule has 1 aromatic heterocycles. The number of pyridine rings is 1. The summed E-state index contributed by atoms with van der Waals surface area (Å²) in [5.41, 5.74) is 2.73. The summed E-state index contributed by atoms with van der Waals surface area (Å²) >= 11 is 0. The molecule has 2 aliphatic rings. The number of piperazine rings is 1. The third kappa shape index (κ3) is 4.60. The standard InChI is InChI=1S/C18H25F3N4O3/c1-2-3-4-5-10-28-16-13(26)6-7-25-15(16)17(27)24-9-8-23(11-14(24)22-25)12-18(19,20)21/h6-7,14,22H,2-5,8-12H2,1H3/t14-/m0/s1. The van der Waals surface area contributed by atoms with Crippen LogP contribution in [0.5, 0.6) is 5.75 Å². The molecule has 10 heteroatoms. The molecule has 0 saturated carbocycles. The molecule has 1 aromatic rings. The molecule has 0 unspecified atom stereocenters. The van der Waals surface area contributed by atoms with Crippen LogP contribution in [0, 0.1) is 0 Å². The number of carbonyl (C=O) groups is 1. The molecule has 1 N–H and O–H groups in total. The third-order valence-electron chi connectivity index (χ3n) is 4.92. The van der Waals surface area contributed by atoms with Gasteiger partial charge in [-0.2, -0.15) is 13.2 Å². The van der Waals surface area contributed by atoms with Crippen molar-refractivity contribution in [1.82, 2.24) is 14.5 Å². The quantitative estimate of drug-likeness (QED) is 0.707. The lowest BCUT2D eigenvalue weighted by molar-refractivity contribution is -0.150. The number of ether oxygens (including phenoxy) is 1. The first-order valence-corrected chi connectivity index (χ1v) is 9.55. The molecule has 3 heterocycles. The number of hydrogen-bond donors (Lipinski definition) is 1. The molecule has 1 fully saturated rings. The van der Waals surface area contributed by atoms with Gasteiger partial charge in [-0.3, -0.25) is 19.2 Å². The van der Waals surface area contributed by atoms with Gasteiger partial charge in [-0.25, -0.2) is 0 Å². The number of unbranched alkanes of at least 4 members (excludes halogenated alkanes) is 3. The highest BCUT2D eigenvalue weighted by molar-refractivity contribution is 5.96. The number of hydrogen-bond acceptors (Lipinski definition) is 5. The number of fused-ring (bicyclic) bond motifs is 2. The monoisotopic (exact) mass is 402 g/mol. The van der Waals surface area contributed by atoms with E-state index in [9.17, 15) is 22.8 Å². The Balaban J connectivity index is 1.75. The van der Waals surface area contributed by atoms with Crippen molar-refractivity contribution in [3.63, 3.8) is 0 Å². The second kappa shape index (κ2) is 8.42. The molecule has 0 bridgehead atoms. The predicted octanol–water partition coefficient (Wildman–Crippen LogP) is 2.01. The average molecular weight is 402 g/mol. The molecule has 0 aliphatic carbocycles. The second-order valence-electron chi connectivity index (χ2n) is 7.13. The van der Waals surface area contributed by atoms with Crippen LogP contribution in [0.15, 0.2) is 17.1 Å². The van der Waals surface area contributed by atoms with Gasteiger partial charge < -0.3 is 15.1 Å². The Morgan fingerprint density at radius 3 is 2.71 bits per heavy atom. The number of alkyl halides is 3. The van der Waals surface area contributed by atoms with Gasteiger partial charge in [0.2, 0.25) is 5.43 Å². The van der Waals surface area contributed by atoms with Crippen molar-refractivity contribution in [1.29, 1.82) is 0 Å². The molecular weight excluding hydrogens is 377 g/mol. The molecule has 0 spiro atoms. The van der Waals surface area contributed by atoms with Crippen LogP contribution in [0.2, 0.25) is 0 Å². The van der Waals surface area contributed by atoms with Gasteiger partial charge in [-0.15, -0.1) is 0 Å². The van der Waals surface area contributed by atoms with Crippen LogP contribution >= 0.6 is 0 Å². The first-order valence-electron chi connectivity index (χ1n) is 9.55. The highest BCUT2D eigenvalue weighted by Gasteiger charge is 2.41. The zero-order valence-electron chi connectivity index (χ0n) is 15.8. The average Bonchev–Trinajstić information content (AvgIpc) is 2.62. The number of nitrogens with zero attached hydrogens (tertiary/aromatic N) is 3. The minimum absolute atomic E-state index is 0.00679. The SMILES string of the molecule is CCCCCCOc1c2n(ccc1=O)N[C@@H]1CN(CC(F)(F)F)CCN1C2=O. The number of halogens is 3. The van der Waals surface area contributed by atoms with Crippen LogP contribution < -0.4 is 15.6 Å². The predicted molar refractivity (Wildman–Crippen MR) is 97.0 cm³/mol. The number of aromatic nitrogens is 1. The highest BCUT2D eigenvalue weighted by atomic mass is 19.4. The lowest BCUT2D eigenvalue weighted by Crippen LogP contribution is -2.64. The summed E-state index contributed by atoms with van der Waals surface area (Å²) in [7, 11) is 0. The fourth-order valence-electron chi connectivity index (χ4n) is 3.56. The van der Waals surface area contributed by atoms with Crippen LogP contribution in [0.3, 0.4) is 0 Å². The fourth-order valence-corrected chi connectivity index (χ4v) is 3.56. The Labute approximate surface area is 161 Å². The van der Waals surface area contributed by atoms with Crippen LogP contribution in [-0.4, -0.2) is 65.5 Å². The van der Waals surface area contributed by atoms with Crippen LogP contribution in [-0.2, 0) is 0 Å². The van der Waals surface area contributed by atoms with E-state index in [1.165, 1.54) is 26.7 Å². The Bertz CT molecular complexity index is 765. The van der Waals surface area contributed by atoms with Crippen LogP contribution in [0.1, 0.15) is 43.1 Å². The van der Waals surface area contributed by atoms with Crippen molar-refractivity contribution < 1.29 is 22.7 Å². The van der Waals surface area contributed by atoms with Gasteiger partial charge in [-0.1, -0.05) is 26.2 Å². The molecule has 1 amide bonds. The number of carbonyl (C=O) groups excluding carboxylic acids is 1. The molecular formula is C18H25F3N4O3. The maximum atomic E-state index is 13.0. The van der Waals surface area contributed by atoms with E-state index in [-0.39, 0.29) is 36.5 Å². The van der Waals surface area contributed by atoms with E-state index in [4.69, 9.17) is 4.74 Å². The molecule has 7 nitrogen and oxygen atoms in total. The Hall–Kier alpha value is -2.23. The van der Waals surface area contributed by atoms with Gasteiger partial charge in [0.15, 0.2) is 11.4 Å². The van der Waals surface area contributed by atoms with E-state index in [0.29, 0.717) is 6.61 Å². The van der Waals surface area contributed by atoms with Gasteiger partial charge in [0, 0.05) is 31.9 Å². The van der Waals surface area contributed by atoms with E-state index in [1.807, 2.05) is 0 Å². The summed E-state index contributed by atoms with van der Waals surface area (Å²) in [6.45, 7) is 1.72. The lowest BCUT2D eigenvalue weighted by Gasteiger charge is -2.45. The molecule has 28 heavy (non-hydrogen) atoms. The van der Waals surface area contributed by atoms with Crippen LogP contribution in [0.4, 0.5) is 13.2 Å². The van der Waals surface area contributed by atoms with E-state index in [1.54, 1.807) is 0 Å². The van der Waals surface area contributed by atoms with Crippen molar-refractivity contribution >= 4 is 5.91 Å². The molecule has 156 valence electrons. The summed E-state index contributed by atoms with van der Waals surface area (Å²) < 4.78 is 45.1. The summed E-state index contributed by atoms with van der Waals surface area (Å²) in [6.07, 6.45) is 0.426. The summed E-state index contributed by atoms with van der Waals surface area (Å²) in [4.78, 5) is 27.9. The highest BCUT2D eigenvalue weighted by Crippen LogP contribution is 2.25. The Morgan fingerprint density at radius 2 is 2.00 bits per heavy atom. The fraction of sp³-hybridized carbons (Fsp3) is 0.667. The maximum Gasteiger partial charge on any atom is 0.401 e. The smallest absolute Gasteiger partial charge is 0.401 e. The van der Waals surface area contributed by atoms with Crippen molar-refractivity contribution in [2.24, 2.45) is 0 Å². The van der Waals surface area contributed by atoms with E-state index in [0.717, 1.165) is 25.7 Å². The Kier molecular flexibility index (Phi) is 6.17. The summed E-state index contributed by atoms with van der Waals surface area (Å²) in [5, 5.41) is 0. The van der Waals surface area contributed by atoms with Crippen LogP contribution in [0.25, 0.3) is 0 Å². The first-order chi connectivity index (χ1) is 13.3. The van der Waals surface area contributed by atoms with Crippen molar-refractivity contribution in [2.75, 3.05) is 38.2 Å². The van der Waals surface area contributed by atoms with Crippen molar-refractivity contribution in [3.05, 3.63) is 28.2 Å². The summed E-state index contributed by atoms with van der Waals surface area (Å²) in [5.74, 6) is -0.413. The molecule has 1 atom stereocenters. The van der Waals surface area contributed by atoms with Gasteiger partial charge >= 0.3 is 6.18 Å². The molecule has 1 saturated heterocycles. The van der Waals surface area contributed by atoms with Crippen molar-refractivity contribution in [3.8, 4) is 5.75 Å². The molecule has 0 aromatic carbocycles.